The summed E-state index contributed by atoms with van der Waals surface area (Å²) < 4.78 is 0. The van der Waals surface area contributed by atoms with Gasteiger partial charge >= 0.3 is 0 Å². The zero-order valence-electron chi connectivity index (χ0n) is 11.8. The van der Waals surface area contributed by atoms with Crippen molar-refractivity contribution in [3.8, 4) is 0 Å². The minimum Gasteiger partial charge on any atom is -0.0848 e. The van der Waals surface area contributed by atoms with Crippen LogP contribution >= 0.6 is 0 Å². The van der Waals surface area contributed by atoms with Crippen molar-refractivity contribution in [1.82, 2.24) is 0 Å². The number of hydrogen-bond acceptors (Lipinski definition) is 0. The molecule has 0 N–H and O–H groups in total. The highest BCUT2D eigenvalue weighted by Crippen LogP contribution is 2.53. The Morgan fingerprint density at radius 1 is 1.00 bits per heavy atom. The van der Waals surface area contributed by atoms with Gasteiger partial charge in [0.1, 0.15) is 0 Å². The molecule has 3 unspecified atom stereocenters. The van der Waals surface area contributed by atoms with Gasteiger partial charge in [0, 0.05) is 0 Å². The SMILES string of the molecule is CCCCC[C]1C2C=CC(C2)C1CCCCC. The maximum Gasteiger partial charge on any atom is -0.0136 e. The van der Waals surface area contributed by atoms with Gasteiger partial charge in [0.25, 0.3) is 0 Å². The molecule has 1 fully saturated rings. The lowest BCUT2D eigenvalue weighted by molar-refractivity contribution is 0.401. The Kier molecular flexibility index (Phi) is 5.13. The van der Waals surface area contributed by atoms with Gasteiger partial charge in [-0.1, -0.05) is 64.5 Å². The van der Waals surface area contributed by atoms with E-state index in [9.17, 15) is 0 Å². The van der Waals surface area contributed by atoms with Gasteiger partial charge in [-0.05, 0) is 42.9 Å². The van der Waals surface area contributed by atoms with E-state index in [1.807, 2.05) is 5.92 Å². The summed E-state index contributed by atoms with van der Waals surface area (Å²) in [5, 5.41) is 0. The van der Waals surface area contributed by atoms with Crippen LogP contribution in [0.5, 0.6) is 0 Å². The van der Waals surface area contributed by atoms with Gasteiger partial charge in [-0.15, -0.1) is 0 Å². The molecule has 0 aromatic heterocycles. The van der Waals surface area contributed by atoms with Crippen molar-refractivity contribution in [1.29, 1.82) is 0 Å². The summed E-state index contributed by atoms with van der Waals surface area (Å²) in [4.78, 5) is 0. The maximum atomic E-state index is 2.52. The van der Waals surface area contributed by atoms with E-state index in [4.69, 9.17) is 0 Å². The van der Waals surface area contributed by atoms with E-state index in [2.05, 4.69) is 26.0 Å². The van der Waals surface area contributed by atoms with Crippen molar-refractivity contribution < 1.29 is 0 Å². The highest BCUT2D eigenvalue weighted by Gasteiger charge is 2.43. The van der Waals surface area contributed by atoms with E-state index < -0.39 is 0 Å². The predicted molar refractivity (Wildman–Crippen MR) is 75.8 cm³/mol. The lowest BCUT2D eigenvalue weighted by atomic mass is 9.77. The van der Waals surface area contributed by atoms with E-state index >= 15 is 0 Å². The fraction of sp³-hybridized carbons (Fsp3) is 0.824. The highest BCUT2D eigenvalue weighted by atomic mass is 14.5. The summed E-state index contributed by atoms with van der Waals surface area (Å²) in [6.45, 7) is 4.62. The zero-order valence-corrected chi connectivity index (χ0v) is 11.8. The number of unbranched alkanes of at least 4 members (excludes halogenated alkanes) is 4. The standard InChI is InChI=1S/C17H29/c1-3-5-7-9-16-14-11-12-15(13-14)17(16)10-8-6-4-2/h11-12,14-16H,3-10,13H2,1-2H3. The summed E-state index contributed by atoms with van der Waals surface area (Å²) in [5.41, 5.74) is 0. The Balaban J connectivity index is 1.81. The zero-order chi connectivity index (χ0) is 12.1. The van der Waals surface area contributed by atoms with Crippen molar-refractivity contribution in [2.45, 2.75) is 71.6 Å². The molecule has 0 aromatic carbocycles. The molecule has 1 radical (unpaired) electrons. The molecule has 2 bridgehead atoms. The van der Waals surface area contributed by atoms with E-state index in [1.54, 1.807) is 0 Å². The van der Waals surface area contributed by atoms with Gasteiger partial charge in [0.05, 0.1) is 0 Å². The molecule has 0 saturated heterocycles. The molecule has 0 heterocycles. The van der Waals surface area contributed by atoms with Gasteiger partial charge in [-0.3, -0.25) is 0 Å². The topological polar surface area (TPSA) is 0 Å². The Morgan fingerprint density at radius 2 is 1.76 bits per heavy atom. The largest absolute Gasteiger partial charge is 0.0848 e. The van der Waals surface area contributed by atoms with Gasteiger partial charge in [-0.2, -0.15) is 0 Å². The molecular formula is C17H29. The molecule has 0 nitrogen and oxygen atoms in total. The van der Waals surface area contributed by atoms with E-state index in [0.29, 0.717) is 0 Å². The second-order valence-corrected chi connectivity index (χ2v) is 6.03. The van der Waals surface area contributed by atoms with Crippen LogP contribution in [0.4, 0.5) is 0 Å². The average Bonchev–Trinajstić information content (AvgIpc) is 2.92. The molecule has 0 spiro atoms. The van der Waals surface area contributed by atoms with Crippen LogP contribution in [0.25, 0.3) is 0 Å². The second kappa shape index (κ2) is 6.61. The Hall–Kier alpha value is -0.260. The van der Waals surface area contributed by atoms with Crippen molar-refractivity contribution in [3.63, 3.8) is 0 Å². The highest BCUT2D eigenvalue weighted by molar-refractivity contribution is 5.25. The lowest BCUT2D eigenvalue weighted by Gasteiger charge is -2.27. The summed E-state index contributed by atoms with van der Waals surface area (Å²) in [6, 6.07) is 0. The van der Waals surface area contributed by atoms with Crippen LogP contribution in [0.15, 0.2) is 12.2 Å². The summed E-state index contributed by atoms with van der Waals surface area (Å²) in [6.07, 6.45) is 17.8. The van der Waals surface area contributed by atoms with E-state index in [0.717, 1.165) is 17.8 Å². The molecule has 3 atom stereocenters. The number of hydrogen-bond donors (Lipinski definition) is 0. The third-order valence-electron chi connectivity index (χ3n) is 4.77. The fourth-order valence-corrected chi connectivity index (χ4v) is 3.81. The maximum absolute atomic E-state index is 2.52. The molecule has 2 aliphatic rings. The molecule has 17 heavy (non-hydrogen) atoms. The third kappa shape index (κ3) is 3.14. The monoisotopic (exact) mass is 233 g/mol. The lowest BCUT2D eigenvalue weighted by Crippen LogP contribution is -2.17. The molecule has 97 valence electrons. The van der Waals surface area contributed by atoms with Crippen LogP contribution in [-0.4, -0.2) is 0 Å². The van der Waals surface area contributed by atoms with Crippen molar-refractivity contribution in [2.24, 2.45) is 17.8 Å². The molecule has 1 saturated carbocycles. The molecule has 0 aliphatic heterocycles. The number of allylic oxidation sites excluding steroid dienone is 2. The van der Waals surface area contributed by atoms with Gasteiger partial charge < -0.3 is 0 Å². The number of rotatable bonds is 8. The summed E-state index contributed by atoms with van der Waals surface area (Å²) >= 11 is 0. The van der Waals surface area contributed by atoms with Crippen LogP contribution in [0.2, 0.25) is 0 Å². The van der Waals surface area contributed by atoms with Crippen molar-refractivity contribution in [2.75, 3.05) is 0 Å². The van der Waals surface area contributed by atoms with Crippen LogP contribution in [0.1, 0.15) is 71.6 Å². The fourth-order valence-electron chi connectivity index (χ4n) is 3.81. The molecule has 0 amide bonds. The molecule has 0 aromatic rings. The number of fused-ring (bicyclic) bond motifs is 2. The van der Waals surface area contributed by atoms with E-state index in [1.165, 1.54) is 57.8 Å². The minimum atomic E-state index is 0.878. The first-order chi connectivity index (χ1) is 8.36. The Labute approximate surface area is 108 Å². The third-order valence-corrected chi connectivity index (χ3v) is 4.77. The van der Waals surface area contributed by atoms with Crippen LogP contribution in [0, 0.1) is 23.7 Å². The first-order valence-corrected chi connectivity index (χ1v) is 7.90. The minimum absolute atomic E-state index is 0.878. The molecule has 0 heteroatoms. The molecule has 2 aliphatic carbocycles. The summed E-state index contributed by atoms with van der Waals surface area (Å²) in [7, 11) is 0. The van der Waals surface area contributed by atoms with Crippen molar-refractivity contribution in [3.05, 3.63) is 18.1 Å². The van der Waals surface area contributed by atoms with Gasteiger partial charge in [-0.25, -0.2) is 0 Å². The van der Waals surface area contributed by atoms with Crippen LogP contribution in [-0.2, 0) is 0 Å². The normalized spacial score (nSPS) is 31.5. The van der Waals surface area contributed by atoms with Crippen LogP contribution < -0.4 is 0 Å². The van der Waals surface area contributed by atoms with Crippen molar-refractivity contribution >= 4 is 0 Å². The first kappa shape index (κ1) is 13.2. The summed E-state index contributed by atoms with van der Waals surface area (Å²) in [5.74, 6) is 4.70. The first-order valence-electron chi connectivity index (χ1n) is 7.90. The smallest absolute Gasteiger partial charge is 0.0136 e. The van der Waals surface area contributed by atoms with E-state index in [-0.39, 0.29) is 0 Å². The molecule has 2 rings (SSSR count). The Morgan fingerprint density at radius 3 is 2.53 bits per heavy atom. The van der Waals surface area contributed by atoms with Gasteiger partial charge in [0.15, 0.2) is 0 Å². The quantitative estimate of drug-likeness (QED) is 0.381. The average molecular weight is 233 g/mol. The van der Waals surface area contributed by atoms with Crippen LogP contribution in [0.3, 0.4) is 0 Å². The predicted octanol–water partition coefficient (Wildman–Crippen LogP) is 5.54. The Bertz CT molecular complexity index is 216. The van der Waals surface area contributed by atoms with Gasteiger partial charge in [0.2, 0.25) is 0 Å². The molecular weight excluding hydrogens is 204 g/mol. The second-order valence-electron chi connectivity index (χ2n) is 6.03.